The Kier molecular flexibility index (Phi) is 3.90. The average Bonchev–Trinajstić information content (AvgIpc) is 2.70. The lowest BCUT2D eigenvalue weighted by Crippen LogP contribution is -2.41. The Morgan fingerprint density at radius 3 is 2.26 bits per heavy atom. The molecule has 2 aliphatic carbocycles. The van der Waals surface area contributed by atoms with Crippen LogP contribution in [0.25, 0.3) is 0 Å². The van der Waals surface area contributed by atoms with E-state index in [0.717, 1.165) is 24.8 Å². The average molecular weight is 259 g/mol. The van der Waals surface area contributed by atoms with E-state index in [2.05, 4.69) is 29.6 Å². The summed E-state index contributed by atoms with van der Waals surface area (Å²) in [5.74, 6) is 1.52. The molecule has 0 spiro atoms. The molecule has 2 aliphatic rings. The zero-order valence-electron chi connectivity index (χ0n) is 11.8. The molecule has 2 heteroatoms. The number of rotatable bonds is 4. The molecule has 0 aliphatic heterocycles. The van der Waals surface area contributed by atoms with E-state index in [-0.39, 0.29) is 6.10 Å². The molecule has 1 aromatic rings. The highest BCUT2D eigenvalue weighted by molar-refractivity contribution is 5.30. The van der Waals surface area contributed by atoms with E-state index >= 15 is 0 Å². The monoisotopic (exact) mass is 259 g/mol. The maximum absolute atomic E-state index is 9.76. The fraction of sp³-hybridized carbons (Fsp3) is 0.647. The fourth-order valence-corrected chi connectivity index (χ4v) is 3.90. The summed E-state index contributed by atoms with van der Waals surface area (Å²) in [6, 6.07) is 9.54. The number of aliphatic hydroxyl groups is 1. The first kappa shape index (κ1) is 13.1. The molecule has 3 rings (SSSR count). The molecule has 0 aromatic heterocycles. The van der Waals surface area contributed by atoms with Gasteiger partial charge in [0.2, 0.25) is 0 Å². The minimum atomic E-state index is -0.190. The fourth-order valence-electron chi connectivity index (χ4n) is 3.90. The number of benzene rings is 1. The van der Waals surface area contributed by atoms with E-state index in [1.54, 1.807) is 11.1 Å². The molecule has 2 N–H and O–H groups in total. The Labute approximate surface area is 116 Å². The molecule has 2 nitrogen and oxygen atoms in total. The second-order valence-corrected chi connectivity index (χ2v) is 6.27. The van der Waals surface area contributed by atoms with Crippen molar-refractivity contribution >= 4 is 0 Å². The summed E-state index contributed by atoms with van der Waals surface area (Å²) in [5.41, 5.74) is 3.11. The van der Waals surface area contributed by atoms with Crippen molar-refractivity contribution in [2.75, 3.05) is 6.54 Å². The predicted molar refractivity (Wildman–Crippen MR) is 78.2 cm³/mol. The van der Waals surface area contributed by atoms with Crippen molar-refractivity contribution in [3.63, 3.8) is 0 Å². The largest absolute Gasteiger partial charge is 0.392 e. The number of hydrogen-bond donors (Lipinski definition) is 2. The van der Waals surface area contributed by atoms with E-state index in [4.69, 9.17) is 0 Å². The molecular formula is C17H25NO. The van der Waals surface area contributed by atoms with Crippen LogP contribution >= 0.6 is 0 Å². The van der Waals surface area contributed by atoms with E-state index in [1.165, 1.54) is 25.7 Å². The quantitative estimate of drug-likeness (QED) is 0.871. The van der Waals surface area contributed by atoms with Crippen molar-refractivity contribution in [3.8, 4) is 0 Å². The highest BCUT2D eigenvalue weighted by Crippen LogP contribution is 2.39. The highest BCUT2D eigenvalue weighted by atomic mass is 16.3. The third kappa shape index (κ3) is 2.70. The van der Waals surface area contributed by atoms with Gasteiger partial charge in [0.05, 0.1) is 6.10 Å². The minimum Gasteiger partial charge on any atom is -0.392 e. The summed E-state index contributed by atoms with van der Waals surface area (Å²) >= 11 is 0. The molecule has 0 heterocycles. The van der Waals surface area contributed by atoms with Crippen LogP contribution in [0.4, 0.5) is 0 Å². The second-order valence-electron chi connectivity index (χ2n) is 6.27. The Balaban J connectivity index is 1.72. The van der Waals surface area contributed by atoms with E-state index < -0.39 is 0 Å². The van der Waals surface area contributed by atoms with Crippen molar-refractivity contribution in [2.45, 2.75) is 51.2 Å². The standard InChI is InChI=1S/C17H25NO/c1-2-16(19)11-18-17-14-7-8-15(17)10-13-6-4-3-5-12(13)9-14/h3-6,14-19H,2,7-11H2,1H3. The molecule has 0 saturated heterocycles. The number of fused-ring (bicyclic) bond motifs is 3. The first-order valence-electron chi connectivity index (χ1n) is 7.76. The normalized spacial score (nSPS) is 30.7. The molecule has 1 saturated carbocycles. The van der Waals surface area contributed by atoms with Gasteiger partial charge in [-0.3, -0.25) is 0 Å². The Morgan fingerprint density at radius 2 is 1.74 bits per heavy atom. The number of aliphatic hydroxyl groups excluding tert-OH is 1. The van der Waals surface area contributed by atoms with E-state index in [1.807, 2.05) is 6.92 Å². The van der Waals surface area contributed by atoms with Gasteiger partial charge in [0.1, 0.15) is 0 Å². The third-order valence-electron chi connectivity index (χ3n) is 5.07. The number of nitrogens with one attached hydrogen (secondary N) is 1. The first-order valence-corrected chi connectivity index (χ1v) is 7.76. The molecule has 2 bridgehead atoms. The van der Waals surface area contributed by atoms with Crippen LogP contribution in [0.15, 0.2) is 24.3 Å². The Bertz CT molecular complexity index is 398. The van der Waals surface area contributed by atoms with Crippen molar-refractivity contribution in [2.24, 2.45) is 11.8 Å². The highest BCUT2D eigenvalue weighted by Gasteiger charge is 2.38. The summed E-state index contributed by atoms with van der Waals surface area (Å²) in [6.07, 6.45) is 5.77. The first-order chi connectivity index (χ1) is 9.28. The second kappa shape index (κ2) is 5.64. The van der Waals surface area contributed by atoms with Crippen LogP contribution < -0.4 is 5.32 Å². The zero-order chi connectivity index (χ0) is 13.2. The third-order valence-corrected chi connectivity index (χ3v) is 5.07. The topological polar surface area (TPSA) is 32.3 Å². The molecule has 104 valence electrons. The number of hydrogen-bond acceptors (Lipinski definition) is 2. The van der Waals surface area contributed by atoms with Crippen molar-refractivity contribution in [1.82, 2.24) is 5.32 Å². The van der Waals surface area contributed by atoms with Crippen LogP contribution in [0.1, 0.15) is 37.3 Å². The van der Waals surface area contributed by atoms with Crippen LogP contribution in [0.5, 0.6) is 0 Å². The Hall–Kier alpha value is -0.860. The van der Waals surface area contributed by atoms with Gasteiger partial charge in [0.25, 0.3) is 0 Å². The van der Waals surface area contributed by atoms with E-state index in [9.17, 15) is 5.11 Å². The van der Waals surface area contributed by atoms with Crippen molar-refractivity contribution < 1.29 is 5.11 Å². The molecule has 1 aromatic carbocycles. The molecule has 1 fully saturated rings. The summed E-state index contributed by atoms with van der Waals surface area (Å²) in [4.78, 5) is 0. The van der Waals surface area contributed by atoms with Gasteiger partial charge >= 0.3 is 0 Å². The van der Waals surface area contributed by atoms with Crippen LogP contribution in [-0.2, 0) is 12.8 Å². The summed E-state index contributed by atoms with van der Waals surface area (Å²) in [6.45, 7) is 2.80. The predicted octanol–water partition coefficient (Wildman–Crippen LogP) is 2.54. The molecule has 0 radical (unpaired) electrons. The van der Waals surface area contributed by atoms with Crippen LogP contribution in [0.3, 0.4) is 0 Å². The maximum Gasteiger partial charge on any atom is 0.0662 e. The summed E-state index contributed by atoms with van der Waals surface area (Å²) in [5, 5.41) is 13.4. The van der Waals surface area contributed by atoms with Gasteiger partial charge in [-0.15, -0.1) is 0 Å². The van der Waals surface area contributed by atoms with Crippen LogP contribution in [-0.4, -0.2) is 23.8 Å². The van der Waals surface area contributed by atoms with Crippen LogP contribution in [0, 0.1) is 11.8 Å². The SMILES string of the molecule is CCC(O)CNC1C2CCC1Cc1ccccc1C2. The van der Waals surface area contributed by atoms with Gasteiger partial charge in [0, 0.05) is 12.6 Å². The van der Waals surface area contributed by atoms with Gasteiger partial charge in [0.15, 0.2) is 0 Å². The lowest BCUT2D eigenvalue weighted by atomic mass is 9.94. The molecule has 19 heavy (non-hydrogen) atoms. The smallest absolute Gasteiger partial charge is 0.0662 e. The molecule has 3 atom stereocenters. The summed E-state index contributed by atoms with van der Waals surface area (Å²) < 4.78 is 0. The lowest BCUT2D eigenvalue weighted by molar-refractivity contribution is 0.155. The van der Waals surface area contributed by atoms with Crippen LogP contribution in [0.2, 0.25) is 0 Å². The molecule has 0 amide bonds. The summed E-state index contributed by atoms with van der Waals surface area (Å²) in [7, 11) is 0. The zero-order valence-corrected chi connectivity index (χ0v) is 11.8. The maximum atomic E-state index is 9.76. The van der Waals surface area contributed by atoms with Crippen molar-refractivity contribution in [3.05, 3.63) is 35.4 Å². The lowest BCUT2D eigenvalue weighted by Gasteiger charge is -2.25. The van der Waals surface area contributed by atoms with Gasteiger partial charge in [-0.1, -0.05) is 31.2 Å². The van der Waals surface area contributed by atoms with Gasteiger partial charge in [-0.25, -0.2) is 0 Å². The van der Waals surface area contributed by atoms with Gasteiger partial charge in [-0.05, 0) is 55.1 Å². The molecular weight excluding hydrogens is 234 g/mol. The van der Waals surface area contributed by atoms with Gasteiger partial charge in [-0.2, -0.15) is 0 Å². The Morgan fingerprint density at radius 1 is 1.16 bits per heavy atom. The molecule has 3 unspecified atom stereocenters. The van der Waals surface area contributed by atoms with Gasteiger partial charge < -0.3 is 10.4 Å². The van der Waals surface area contributed by atoms with Crippen molar-refractivity contribution in [1.29, 1.82) is 0 Å². The van der Waals surface area contributed by atoms with E-state index in [0.29, 0.717) is 6.04 Å². The minimum absolute atomic E-state index is 0.190.